The highest BCUT2D eigenvalue weighted by Crippen LogP contribution is 2.17. The molecular formula is C24H32N4O2. The van der Waals surface area contributed by atoms with E-state index >= 15 is 0 Å². The van der Waals surface area contributed by atoms with Crippen LogP contribution in [0.15, 0.2) is 59.6 Å². The van der Waals surface area contributed by atoms with Crippen molar-refractivity contribution in [2.75, 3.05) is 33.3 Å². The molecule has 1 atom stereocenters. The van der Waals surface area contributed by atoms with E-state index in [4.69, 9.17) is 4.74 Å². The Labute approximate surface area is 179 Å². The summed E-state index contributed by atoms with van der Waals surface area (Å²) in [7, 11) is 1.81. The Bertz CT molecular complexity index is 838. The van der Waals surface area contributed by atoms with Gasteiger partial charge in [0, 0.05) is 44.7 Å². The fourth-order valence-electron chi connectivity index (χ4n) is 3.68. The summed E-state index contributed by atoms with van der Waals surface area (Å²) >= 11 is 0. The molecule has 6 nitrogen and oxygen atoms in total. The topological polar surface area (TPSA) is 66.0 Å². The molecule has 30 heavy (non-hydrogen) atoms. The minimum atomic E-state index is -0.0402. The van der Waals surface area contributed by atoms with Gasteiger partial charge in [-0.1, -0.05) is 42.5 Å². The zero-order valence-electron chi connectivity index (χ0n) is 17.9. The number of carbonyl (C=O) groups excluding carboxylic acids is 1. The molecule has 2 aromatic rings. The Hall–Kier alpha value is -2.86. The second kappa shape index (κ2) is 11.4. The molecule has 1 aliphatic rings. The lowest BCUT2D eigenvalue weighted by Gasteiger charge is -2.22. The van der Waals surface area contributed by atoms with E-state index in [2.05, 4.69) is 32.7 Å². The standard InChI is InChI=1S/C24H32N4O2/c1-3-26-23(29)22-11-7-10-20(14-22)15-27-24(25-2)28-13-12-21(16-28)18-30-17-19-8-5-4-6-9-19/h4-11,14,21H,3,12-13,15-18H2,1-2H3,(H,25,27)(H,26,29). The van der Waals surface area contributed by atoms with Crippen molar-refractivity contribution in [3.63, 3.8) is 0 Å². The van der Waals surface area contributed by atoms with Crippen molar-refractivity contribution in [1.82, 2.24) is 15.5 Å². The third-order valence-corrected chi connectivity index (χ3v) is 5.24. The number of hydrogen-bond acceptors (Lipinski definition) is 3. The van der Waals surface area contributed by atoms with Gasteiger partial charge in [0.15, 0.2) is 5.96 Å². The van der Waals surface area contributed by atoms with Crippen molar-refractivity contribution in [3.8, 4) is 0 Å². The number of hydrogen-bond donors (Lipinski definition) is 2. The highest BCUT2D eigenvalue weighted by Gasteiger charge is 2.25. The van der Waals surface area contributed by atoms with Crippen molar-refractivity contribution in [1.29, 1.82) is 0 Å². The number of rotatable bonds is 8. The molecule has 0 aliphatic carbocycles. The zero-order chi connectivity index (χ0) is 21.2. The normalized spacial score (nSPS) is 16.5. The van der Waals surface area contributed by atoms with Crippen molar-refractivity contribution >= 4 is 11.9 Å². The first-order valence-electron chi connectivity index (χ1n) is 10.6. The highest BCUT2D eigenvalue weighted by molar-refractivity contribution is 5.94. The van der Waals surface area contributed by atoms with Crippen LogP contribution in [0.3, 0.4) is 0 Å². The molecule has 1 aliphatic heterocycles. The first kappa shape index (κ1) is 21.8. The Morgan fingerprint density at radius 1 is 1.13 bits per heavy atom. The number of nitrogens with zero attached hydrogens (tertiary/aromatic N) is 2. The summed E-state index contributed by atoms with van der Waals surface area (Å²) in [5.41, 5.74) is 2.95. The van der Waals surface area contributed by atoms with Crippen LogP contribution in [-0.4, -0.2) is 50.1 Å². The van der Waals surface area contributed by atoms with Crippen molar-refractivity contribution in [2.45, 2.75) is 26.5 Å². The van der Waals surface area contributed by atoms with E-state index in [0.717, 1.165) is 37.6 Å². The summed E-state index contributed by atoms with van der Waals surface area (Å²) in [5, 5.41) is 6.27. The van der Waals surface area contributed by atoms with Gasteiger partial charge >= 0.3 is 0 Å². The quantitative estimate of drug-likeness (QED) is 0.520. The number of amides is 1. The Balaban J connectivity index is 1.45. The fourth-order valence-corrected chi connectivity index (χ4v) is 3.68. The van der Waals surface area contributed by atoms with Gasteiger partial charge in [-0.25, -0.2) is 0 Å². The highest BCUT2D eigenvalue weighted by atomic mass is 16.5. The van der Waals surface area contributed by atoms with Crippen molar-refractivity contribution in [3.05, 3.63) is 71.3 Å². The third kappa shape index (κ3) is 6.32. The number of likely N-dealkylation sites (tertiary alicyclic amines) is 1. The Morgan fingerprint density at radius 2 is 1.93 bits per heavy atom. The minimum Gasteiger partial charge on any atom is -0.376 e. The Kier molecular flexibility index (Phi) is 8.27. The summed E-state index contributed by atoms with van der Waals surface area (Å²) in [6.07, 6.45) is 1.10. The summed E-state index contributed by atoms with van der Waals surface area (Å²) in [6.45, 7) is 6.50. The average Bonchev–Trinajstić information content (AvgIpc) is 3.24. The molecule has 0 saturated carbocycles. The lowest BCUT2D eigenvalue weighted by atomic mass is 10.1. The van der Waals surface area contributed by atoms with Crippen LogP contribution in [0.5, 0.6) is 0 Å². The lowest BCUT2D eigenvalue weighted by molar-refractivity contribution is 0.0906. The molecule has 1 amide bonds. The maximum atomic E-state index is 12.0. The van der Waals surface area contributed by atoms with E-state index < -0.39 is 0 Å². The van der Waals surface area contributed by atoms with Crippen molar-refractivity contribution in [2.24, 2.45) is 10.9 Å². The van der Waals surface area contributed by atoms with Gasteiger partial charge in [0.05, 0.1) is 13.2 Å². The van der Waals surface area contributed by atoms with Gasteiger partial charge in [0.25, 0.3) is 5.91 Å². The molecule has 1 saturated heterocycles. The monoisotopic (exact) mass is 408 g/mol. The van der Waals surface area contributed by atoms with Gasteiger partial charge in [-0.05, 0) is 36.6 Å². The maximum Gasteiger partial charge on any atom is 0.251 e. The molecule has 1 fully saturated rings. The summed E-state index contributed by atoms with van der Waals surface area (Å²) in [4.78, 5) is 18.8. The molecule has 0 radical (unpaired) electrons. The molecule has 2 aromatic carbocycles. The molecule has 6 heteroatoms. The number of carbonyl (C=O) groups is 1. The predicted molar refractivity (Wildman–Crippen MR) is 120 cm³/mol. The van der Waals surface area contributed by atoms with Crippen LogP contribution in [0.25, 0.3) is 0 Å². The van der Waals surface area contributed by atoms with Crippen LogP contribution in [0.1, 0.15) is 34.8 Å². The van der Waals surface area contributed by atoms with E-state index in [1.54, 1.807) is 0 Å². The second-order valence-electron chi connectivity index (χ2n) is 7.56. The number of aliphatic imine (C=N–C) groups is 1. The molecule has 1 heterocycles. The zero-order valence-corrected chi connectivity index (χ0v) is 17.9. The summed E-state index contributed by atoms with van der Waals surface area (Å²) < 4.78 is 5.93. The van der Waals surface area contributed by atoms with Crippen LogP contribution in [0.4, 0.5) is 0 Å². The largest absolute Gasteiger partial charge is 0.376 e. The molecule has 2 N–H and O–H groups in total. The summed E-state index contributed by atoms with van der Waals surface area (Å²) in [5.74, 6) is 1.36. The molecule has 0 aromatic heterocycles. The average molecular weight is 409 g/mol. The van der Waals surface area contributed by atoms with Gasteiger partial charge in [0.2, 0.25) is 0 Å². The number of benzene rings is 2. The number of guanidine groups is 1. The van der Waals surface area contributed by atoms with E-state index in [0.29, 0.717) is 31.2 Å². The SMILES string of the molecule is CCNC(=O)c1cccc(CNC(=NC)N2CCC(COCc3ccccc3)C2)c1. The fraction of sp³-hybridized carbons (Fsp3) is 0.417. The molecule has 3 rings (SSSR count). The molecule has 1 unspecified atom stereocenters. The number of ether oxygens (including phenoxy) is 1. The van der Waals surface area contributed by atoms with Crippen molar-refractivity contribution < 1.29 is 9.53 Å². The van der Waals surface area contributed by atoms with Gasteiger partial charge < -0.3 is 20.3 Å². The Morgan fingerprint density at radius 3 is 2.70 bits per heavy atom. The van der Waals surface area contributed by atoms with Gasteiger partial charge in [0.1, 0.15) is 0 Å². The first-order chi connectivity index (χ1) is 14.7. The van der Waals surface area contributed by atoms with Crippen LogP contribution >= 0.6 is 0 Å². The third-order valence-electron chi connectivity index (χ3n) is 5.24. The van der Waals surface area contributed by atoms with E-state index in [1.807, 2.05) is 56.4 Å². The molecule has 160 valence electrons. The van der Waals surface area contributed by atoms with Crippen LogP contribution in [-0.2, 0) is 17.9 Å². The number of nitrogens with one attached hydrogen (secondary N) is 2. The van der Waals surface area contributed by atoms with Gasteiger partial charge in [-0.3, -0.25) is 9.79 Å². The molecular weight excluding hydrogens is 376 g/mol. The van der Waals surface area contributed by atoms with Gasteiger partial charge in [-0.15, -0.1) is 0 Å². The minimum absolute atomic E-state index is 0.0402. The van der Waals surface area contributed by atoms with Crippen LogP contribution in [0, 0.1) is 5.92 Å². The molecule has 0 spiro atoms. The van der Waals surface area contributed by atoms with Crippen LogP contribution < -0.4 is 10.6 Å². The van der Waals surface area contributed by atoms with E-state index in [-0.39, 0.29) is 5.91 Å². The summed E-state index contributed by atoms with van der Waals surface area (Å²) in [6, 6.07) is 18.0. The van der Waals surface area contributed by atoms with Crippen LogP contribution in [0.2, 0.25) is 0 Å². The first-order valence-corrected chi connectivity index (χ1v) is 10.6. The second-order valence-corrected chi connectivity index (χ2v) is 7.56. The van der Waals surface area contributed by atoms with E-state index in [9.17, 15) is 4.79 Å². The van der Waals surface area contributed by atoms with Gasteiger partial charge in [-0.2, -0.15) is 0 Å². The maximum absolute atomic E-state index is 12.0. The predicted octanol–water partition coefficient (Wildman–Crippen LogP) is 3.05. The van der Waals surface area contributed by atoms with E-state index in [1.165, 1.54) is 5.56 Å². The smallest absolute Gasteiger partial charge is 0.251 e. The molecule has 0 bridgehead atoms. The lowest BCUT2D eigenvalue weighted by Crippen LogP contribution is -2.39.